The Kier molecular flexibility index (Phi) is 3.68. The summed E-state index contributed by atoms with van der Waals surface area (Å²) in [6.45, 7) is 2.92. The summed E-state index contributed by atoms with van der Waals surface area (Å²) >= 11 is 0. The molecule has 0 aliphatic carbocycles. The van der Waals surface area contributed by atoms with Crippen molar-refractivity contribution in [2.75, 3.05) is 18.0 Å². The molecule has 1 N–H and O–H groups in total. The maximum Gasteiger partial charge on any atom is 0.320 e. The summed E-state index contributed by atoms with van der Waals surface area (Å²) in [6.07, 6.45) is 2.34. The zero-order chi connectivity index (χ0) is 15.0. The van der Waals surface area contributed by atoms with E-state index in [9.17, 15) is 14.7 Å². The van der Waals surface area contributed by atoms with E-state index in [1.807, 2.05) is 30.0 Å². The van der Waals surface area contributed by atoms with Crippen LogP contribution in [-0.4, -0.2) is 47.1 Å². The first kappa shape index (κ1) is 14.1. The van der Waals surface area contributed by atoms with Crippen molar-refractivity contribution in [1.29, 1.82) is 0 Å². The van der Waals surface area contributed by atoms with Crippen molar-refractivity contribution in [3.63, 3.8) is 0 Å². The third-order valence-electron chi connectivity index (χ3n) is 4.46. The van der Waals surface area contributed by atoms with Gasteiger partial charge in [0, 0.05) is 11.7 Å². The second-order valence-corrected chi connectivity index (χ2v) is 5.91. The van der Waals surface area contributed by atoms with Gasteiger partial charge in [-0.2, -0.15) is 0 Å². The van der Waals surface area contributed by atoms with E-state index in [-0.39, 0.29) is 18.5 Å². The smallest absolute Gasteiger partial charge is 0.320 e. The summed E-state index contributed by atoms with van der Waals surface area (Å²) in [5, 5.41) is 9.21. The molecule has 2 aliphatic heterocycles. The quantitative estimate of drug-likeness (QED) is 0.916. The molecule has 5 heteroatoms. The number of rotatable bonds is 3. The van der Waals surface area contributed by atoms with E-state index in [1.54, 1.807) is 4.90 Å². The number of nitrogens with zero attached hydrogens (tertiary/aromatic N) is 2. The number of benzene rings is 1. The van der Waals surface area contributed by atoms with E-state index >= 15 is 0 Å². The molecule has 112 valence electrons. The Balaban J connectivity index is 1.75. The minimum atomic E-state index is -0.824. The molecule has 0 bridgehead atoms. The lowest BCUT2D eigenvalue weighted by atomic mass is 10.1. The molecule has 1 aromatic carbocycles. The number of fused-ring (bicyclic) bond motifs is 1. The van der Waals surface area contributed by atoms with E-state index in [0.29, 0.717) is 13.0 Å². The molecule has 1 fully saturated rings. The maximum absolute atomic E-state index is 12.6. The summed E-state index contributed by atoms with van der Waals surface area (Å²) in [4.78, 5) is 27.5. The average Bonchev–Trinajstić information content (AvgIpc) is 3.01. The van der Waals surface area contributed by atoms with Crippen molar-refractivity contribution in [3.05, 3.63) is 29.8 Å². The Labute approximate surface area is 124 Å². The molecule has 1 amide bonds. The number of amides is 1. The second-order valence-electron chi connectivity index (χ2n) is 5.91. The fourth-order valence-corrected chi connectivity index (χ4v) is 3.49. The molecule has 5 nitrogen and oxygen atoms in total. The highest BCUT2D eigenvalue weighted by Gasteiger charge is 2.36. The summed E-state index contributed by atoms with van der Waals surface area (Å²) in [5.41, 5.74) is 2.16. The van der Waals surface area contributed by atoms with Crippen LogP contribution < -0.4 is 4.90 Å². The van der Waals surface area contributed by atoms with Crippen LogP contribution in [0, 0.1) is 0 Å². The monoisotopic (exact) mass is 288 g/mol. The van der Waals surface area contributed by atoms with Crippen LogP contribution in [0.4, 0.5) is 5.69 Å². The molecule has 1 saturated heterocycles. The Morgan fingerprint density at radius 1 is 1.33 bits per heavy atom. The highest BCUT2D eigenvalue weighted by molar-refractivity contribution is 5.97. The zero-order valence-electron chi connectivity index (χ0n) is 12.2. The Bertz CT molecular complexity index is 572. The molecule has 0 saturated carbocycles. The predicted molar refractivity (Wildman–Crippen MR) is 79.3 cm³/mol. The van der Waals surface area contributed by atoms with Crippen molar-refractivity contribution >= 4 is 17.6 Å². The third-order valence-corrected chi connectivity index (χ3v) is 4.46. The number of aliphatic carboxylic acids is 1. The van der Waals surface area contributed by atoms with Gasteiger partial charge in [-0.05, 0) is 44.4 Å². The minimum absolute atomic E-state index is 0.000556. The predicted octanol–water partition coefficient (Wildman–Crippen LogP) is 1.51. The van der Waals surface area contributed by atoms with Gasteiger partial charge in [-0.3, -0.25) is 14.5 Å². The molecule has 2 aliphatic rings. The largest absolute Gasteiger partial charge is 0.480 e. The summed E-state index contributed by atoms with van der Waals surface area (Å²) < 4.78 is 0. The van der Waals surface area contributed by atoms with E-state index in [2.05, 4.69) is 6.07 Å². The molecule has 2 atom stereocenters. The van der Waals surface area contributed by atoms with Gasteiger partial charge in [-0.15, -0.1) is 0 Å². The van der Waals surface area contributed by atoms with Gasteiger partial charge >= 0.3 is 5.97 Å². The van der Waals surface area contributed by atoms with Gasteiger partial charge in [-0.25, -0.2) is 0 Å². The number of likely N-dealkylation sites (tertiary alicyclic amines) is 1. The topological polar surface area (TPSA) is 60.9 Å². The molecule has 2 heterocycles. The van der Waals surface area contributed by atoms with Crippen LogP contribution in [0.25, 0.3) is 0 Å². The van der Waals surface area contributed by atoms with Crippen LogP contribution in [0.3, 0.4) is 0 Å². The SMILES string of the molecule is CC1Cc2ccccc2N1C(=O)CN1CCC[C@@H]1C(=O)O. The Hall–Kier alpha value is -1.88. The number of carboxylic acids is 1. The van der Waals surface area contributed by atoms with Crippen LogP contribution in [-0.2, 0) is 16.0 Å². The van der Waals surface area contributed by atoms with Gasteiger partial charge < -0.3 is 10.0 Å². The van der Waals surface area contributed by atoms with Crippen molar-refractivity contribution in [2.24, 2.45) is 0 Å². The molecule has 0 aromatic heterocycles. The van der Waals surface area contributed by atoms with Gasteiger partial charge in [0.1, 0.15) is 6.04 Å². The molecule has 1 aromatic rings. The van der Waals surface area contributed by atoms with E-state index in [1.165, 1.54) is 5.56 Å². The lowest BCUT2D eigenvalue weighted by Gasteiger charge is -2.27. The number of para-hydroxylation sites is 1. The molecule has 0 radical (unpaired) electrons. The summed E-state index contributed by atoms with van der Waals surface area (Å²) in [5.74, 6) is -0.823. The minimum Gasteiger partial charge on any atom is -0.480 e. The highest BCUT2D eigenvalue weighted by Crippen LogP contribution is 2.32. The number of hydrogen-bond donors (Lipinski definition) is 1. The first-order chi connectivity index (χ1) is 10.1. The van der Waals surface area contributed by atoms with E-state index in [4.69, 9.17) is 0 Å². The van der Waals surface area contributed by atoms with E-state index in [0.717, 1.165) is 18.5 Å². The number of hydrogen-bond acceptors (Lipinski definition) is 3. The normalized spacial score (nSPS) is 25.1. The summed E-state index contributed by atoms with van der Waals surface area (Å²) in [6, 6.07) is 7.57. The number of carbonyl (C=O) groups excluding carboxylic acids is 1. The molecule has 1 unspecified atom stereocenters. The van der Waals surface area contributed by atoms with Crippen LogP contribution in [0.15, 0.2) is 24.3 Å². The fourth-order valence-electron chi connectivity index (χ4n) is 3.49. The van der Waals surface area contributed by atoms with Crippen LogP contribution in [0.1, 0.15) is 25.3 Å². The average molecular weight is 288 g/mol. The first-order valence-corrected chi connectivity index (χ1v) is 7.44. The molecular formula is C16H20N2O3. The van der Waals surface area contributed by atoms with Crippen molar-refractivity contribution in [2.45, 2.75) is 38.3 Å². The number of carboxylic acid groups (broad SMARTS) is 1. The molecule has 21 heavy (non-hydrogen) atoms. The first-order valence-electron chi connectivity index (χ1n) is 7.44. The lowest BCUT2D eigenvalue weighted by molar-refractivity contribution is -0.142. The standard InChI is InChI=1S/C16H20N2O3/c1-11-9-12-5-2-3-6-13(12)18(11)15(19)10-17-8-4-7-14(17)16(20)21/h2-3,5-6,11,14H,4,7-10H2,1H3,(H,20,21)/t11?,14-/m1/s1. The summed E-state index contributed by atoms with van der Waals surface area (Å²) in [7, 11) is 0. The zero-order valence-corrected chi connectivity index (χ0v) is 12.2. The molecular weight excluding hydrogens is 268 g/mol. The lowest BCUT2D eigenvalue weighted by Crippen LogP contribution is -2.46. The van der Waals surface area contributed by atoms with Crippen molar-refractivity contribution in [3.8, 4) is 0 Å². The van der Waals surface area contributed by atoms with Gasteiger partial charge in [0.2, 0.25) is 5.91 Å². The van der Waals surface area contributed by atoms with Crippen LogP contribution >= 0.6 is 0 Å². The molecule has 0 spiro atoms. The highest BCUT2D eigenvalue weighted by atomic mass is 16.4. The van der Waals surface area contributed by atoms with Crippen LogP contribution in [0.5, 0.6) is 0 Å². The van der Waals surface area contributed by atoms with Crippen molar-refractivity contribution < 1.29 is 14.7 Å². The van der Waals surface area contributed by atoms with Crippen molar-refractivity contribution in [1.82, 2.24) is 4.90 Å². The Morgan fingerprint density at radius 2 is 2.10 bits per heavy atom. The molecule has 3 rings (SSSR count). The third kappa shape index (κ3) is 2.53. The Morgan fingerprint density at radius 3 is 2.86 bits per heavy atom. The van der Waals surface area contributed by atoms with Gasteiger partial charge in [0.05, 0.1) is 6.54 Å². The number of carbonyl (C=O) groups is 2. The van der Waals surface area contributed by atoms with Gasteiger partial charge in [-0.1, -0.05) is 18.2 Å². The van der Waals surface area contributed by atoms with Crippen LogP contribution in [0.2, 0.25) is 0 Å². The van der Waals surface area contributed by atoms with Gasteiger partial charge in [0.25, 0.3) is 0 Å². The van der Waals surface area contributed by atoms with E-state index < -0.39 is 12.0 Å². The second kappa shape index (κ2) is 5.48. The fraction of sp³-hybridized carbons (Fsp3) is 0.500. The maximum atomic E-state index is 12.6. The van der Waals surface area contributed by atoms with Gasteiger partial charge in [0.15, 0.2) is 0 Å². The number of anilines is 1.